The standard InChI is InChI=1S/C10H8BrF2NOS/c11-6-1-5-7(16-6)9(4-14-8(5)15)2-10(12,13)3-9/h1H,2-4H2,(H,14,15). The van der Waals surface area contributed by atoms with Gasteiger partial charge in [-0.2, -0.15) is 0 Å². The third-order valence-electron chi connectivity index (χ3n) is 3.21. The number of thiophene rings is 1. The van der Waals surface area contributed by atoms with Crippen LogP contribution in [0.3, 0.4) is 0 Å². The number of amides is 1. The Morgan fingerprint density at radius 2 is 2.12 bits per heavy atom. The van der Waals surface area contributed by atoms with Crippen molar-refractivity contribution >= 4 is 33.2 Å². The number of hydrogen-bond donors (Lipinski definition) is 1. The van der Waals surface area contributed by atoms with Crippen molar-refractivity contribution in [3.63, 3.8) is 0 Å². The van der Waals surface area contributed by atoms with E-state index < -0.39 is 11.3 Å². The van der Waals surface area contributed by atoms with Gasteiger partial charge in [-0.15, -0.1) is 11.3 Å². The summed E-state index contributed by atoms with van der Waals surface area (Å²) < 4.78 is 26.9. The number of fused-ring (bicyclic) bond motifs is 2. The molecule has 1 aliphatic carbocycles. The van der Waals surface area contributed by atoms with Crippen molar-refractivity contribution in [3.8, 4) is 0 Å². The van der Waals surface area contributed by atoms with Crippen molar-refractivity contribution in [1.82, 2.24) is 5.32 Å². The minimum Gasteiger partial charge on any atom is -0.351 e. The average Bonchev–Trinajstić information content (AvgIpc) is 2.52. The van der Waals surface area contributed by atoms with Crippen molar-refractivity contribution in [2.75, 3.05) is 6.54 Å². The summed E-state index contributed by atoms with van der Waals surface area (Å²) in [5.41, 5.74) is 0.0299. The van der Waals surface area contributed by atoms with Crippen molar-refractivity contribution < 1.29 is 13.6 Å². The van der Waals surface area contributed by atoms with Crippen molar-refractivity contribution in [2.45, 2.75) is 24.2 Å². The Morgan fingerprint density at radius 3 is 2.75 bits per heavy atom. The lowest BCUT2D eigenvalue weighted by Gasteiger charge is -2.49. The van der Waals surface area contributed by atoms with E-state index in [-0.39, 0.29) is 18.7 Å². The number of alkyl halides is 2. The molecule has 0 bridgehead atoms. The Hall–Kier alpha value is -0.490. The van der Waals surface area contributed by atoms with Crippen LogP contribution in [0.25, 0.3) is 0 Å². The molecule has 0 saturated heterocycles. The van der Waals surface area contributed by atoms with E-state index in [0.717, 1.165) is 8.66 Å². The molecule has 0 unspecified atom stereocenters. The van der Waals surface area contributed by atoms with Gasteiger partial charge >= 0.3 is 0 Å². The topological polar surface area (TPSA) is 29.1 Å². The molecule has 6 heteroatoms. The highest BCUT2D eigenvalue weighted by Crippen LogP contribution is 2.56. The van der Waals surface area contributed by atoms with Gasteiger partial charge in [0.2, 0.25) is 5.92 Å². The fraction of sp³-hybridized carbons (Fsp3) is 0.500. The fourth-order valence-corrected chi connectivity index (χ4v) is 4.35. The summed E-state index contributed by atoms with van der Waals surface area (Å²) in [5, 5.41) is 2.70. The number of nitrogens with one attached hydrogen (secondary N) is 1. The minimum absolute atomic E-state index is 0.153. The molecule has 1 aromatic heterocycles. The van der Waals surface area contributed by atoms with Gasteiger partial charge in [-0.05, 0) is 22.0 Å². The van der Waals surface area contributed by atoms with E-state index in [1.165, 1.54) is 11.3 Å². The smallest absolute Gasteiger partial charge is 0.252 e. The maximum Gasteiger partial charge on any atom is 0.252 e. The number of halogens is 3. The molecule has 1 aliphatic heterocycles. The predicted octanol–water partition coefficient (Wildman–Crippen LogP) is 2.92. The first-order chi connectivity index (χ1) is 7.42. The van der Waals surface area contributed by atoms with Gasteiger partial charge in [0, 0.05) is 29.7 Å². The SMILES string of the molecule is O=C1NCC2(CC(F)(F)C2)c2sc(Br)cc21. The zero-order valence-electron chi connectivity index (χ0n) is 8.15. The van der Waals surface area contributed by atoms with E-state index in [1.807, 2.05) is 0 Å². The second-order valence-corrected chi connectivity index (χ2v) is 6.90. The monoisotopic (exact) mass is 307 g/mol. The predicted molar refractivity (Wildman–Crippen MR) is 60.2 cm³/mol. The molecule has 1 spiro atoms. The quantitative estimate of drug-likeness (QED) is 0.784. The summed E-state index contributed by atoms with van der Waals surface area (Å²) in [6.45, 7) is 0.335. The summed E-state index contributed by atoms with van der Waals surface area (Å²) in [5.74, 6) is -2.73. The Kier molecular flexibility index (Phi) is 2.02. The molecule has 0 aromatic carbocycles. The highest BCUT2D eigenvalue weighted by molar-refractivity contribution is 9.11. The first kappa shape index (κ1) is 10.7. The van der Waals surface area contributed by atoms with Gasteiger partial charge in [0.1, 0.15) is 0 Å². The molecular formula is C10H8BrF2NOS. The third-order valence-corrected chi connectivity index (χ3v) is 5.09. The molecule has 1 aromatic rings. The fourth-order valence-electron chi connectivity index (χ4n) is 2.57. The number of hydrogen-bond acceptors (Lipinski definition) is 2. The number of rotatable bonds is 0. The molecule has 0 radical (unpaired) electrons. The van der Waals surface area contributed by atoms with Crippen LogP contribution in [0.5, 0.6) is 0 Å². The van der Waals surface area contributed by atoms with E-state index in [4.69, 9.17) is 0 Å². The lowest BCUT2D eigenvalue weighted by molar-refractivity contribution is -0.125. The van der Waals surface area contributed by atoms with Crippen LogP contribution < -0.4 is 5.32 Å². The van der Waals surface area contributed by atoms with Gasteiger partial charge in [-0.25, -0.2) is 8.78 Å². The maximum absolute atomic E-state index is 13.0. The molecule has 2 heterocycles. The van der Waals surface area contributed by atoms with Crippen LogP contribution in [0.2, 0.25) is 0 Å². The summed E-state index contributed by atoms with van der Waals surface area (Å²) >= 11 is 4.70. The zero-order valence-corrected chi connectivity index (χ0v) is 10.6. The van der Waals surface area contributed by atoms with Crippen LogP contribution in [0.4, 0.5) is 8.78 Å². The average molecular weight is 308 g/mol. The van der Waals surface area contributed by atoms with Crippen LogP contribution in [0, 0.1) is 0 Å². The van der Waals surface area contributed by atoms with Gasteiger partial charge in [-0.3, -0.25) is 4.79 Å². The molecule has 86 valence electrons. The first-order valence-electron chi connectivity index (χ1n) is 4.88. The highest BCUT2D eigenvalue weighted by atomic mass is 79.9. The molecule has 1 saturated carbocycles. The second-order valence-electron chi connectivity index (χ2n) is 4.47. The van der Waals surface area contributed by atoms with E-state index in [0.29, 0.717) is 12.1 Å². The van der Waals surface area contributed by atoms with Crippen LogP contribution >= 0.6 is 27.3 Å². The van der Waals surface area contributed by atoms with Crippen LogP contribution in [0.1, 0.15) is 28.1 Å². The summed E-state index contributed by atoms with van der Waals surface area (Å²) in [7, 11) is 0. The zero-order chi connectivity index (χ0) is 11.6. The Bertz CT molecular complexity index is 477. The van der Waals surface area contributed by atoms with Crippen LogP contribution in [0.15, 0.2) is 9.85 Å². The second kappa shape index (κ2) is 3.04. The molecule has 2 aliphatic rings. The van der Waals surface area contributed by atoms with Gasteiger partial charge in [0.05, 0.1) is 9.35 Å². The molecule has 0 atom stereocenters. The largest absolute Gasteiger partial charge is 0.351 e. The van der Waals surface area contributed by atoms with Gasteiger partial charge in [0.15, 0.2) is 0 Å². The van der Waals surface area contributed by atoms with E-state index in [2.05, 4.69) is 21.2 Å². The Morgan fingerprint density at radius 1 is 1.44 bits per heavy atom. The van der Waals surface area contributed by atoms with Crippen LogP contribution in [-0.2, 0) is 5.41 Å². The number of carbonyl (C=O) groups is 1. The van der Waals surface area contributed by atoms with Gasteiger partial charge < -0.3 is 5.32 Å². The van der Waals surface area contributed by atoms with Crippen molar-refractivity contribution in [2.24, 2.45) is 0 Å². The van der Waals surface area contributed by atoms with E-state index >= 15 is 0 Å². The van der Waals surface area contributed by atoms with Gasteiger partial charge in [0.25, 0.3) is 5.91 Å². The van der Waals surface area contributed by atoms with Crippen molar-refractivity contribution in [3.05, 3.63) is 20.3 Å². The Balaban J connectivity index is 2.06. The summed E-state index contributed by atoms with van der Waals surface area (Å²) in [4.78, 5) is 12.4. The minimum atomic E-state index is -2.57. The highest BCUT2D eigenvalue weighted by Gasteiger charge is 2.60. The maximum atomic E-state index is 13.0. The number of carbonyl (C=O) groups excluding carboxylic acids is 1. The first-order valence-corrected chi connectivity index (χ1v) is 6.49. The molecule has 1 fully saturated rings. The van der Waals surface area contributed by atoms with E-state index in [1.54, 1.807) is 6.07 Å². The van der Waals surface area contributed by atoms with Crippen molar-refractivity contribution in [1.29, 1.82) is 0 Å². The molecule has 16 heavy (non-hydrogen) atoms. The lowest BCUT2D eigenvalue weighted by atomic mass is 9.63. The van der Waals surface area contributed by atoms with Gasteiger partial charge in [-0.1, -0.05) is 0 Å². The summed E-state index contributed by atoms with van der Waals surface area (Å²) in [6, 6.07) is 1.71. The molecule has 1 amide bonds. The van der Waals surface area contributed by atoms with E-state index in [9.17, 15) is 13.6 Å². The molecular weight excluding hydrogens is 300 g/mol. The normalized spacial score (nSPS) is 24.8. The Labute approximate surface area is 103 Å². The van der Waals surface area contributed by atoms with Crippen LogP contribution in [-0.4, -0.2) is 18.4 Å². The summed E-state index contributed by atoms with van der Waals surface area (Å²) in [6.07, 6.45) is -0.305. The molecule has 3 rings (SSSR count). The molecule has 2 nitrogen and oxygen atoms in total. The lowest BCUT2D eigenvalue weighted by Crippen LogP contribution is -2.58. The molecule has 1 N–H and O–H groups in total. The third kappa shape index (κ3) is 1.35.